The van der Waals surface area contributed by atoms with Crippen LogP contribution < -0.4 is 5.48 Å². The summed E-state index contributed by atoms with van der Waals surface area (Å²) in [6.07, 6.45) is 13.9. The number of aryl methyl sites for hydroxylation is 1. The predicted octanol–water partition coefficient (Wildman–Crippen LogP) is 4.28. The van der Waals surface area contributed by atoms with Gasteiger partial charge in [0.05, 0.1) is 29.5 Å². The Morgan fingerprint density at radius 3 is 2.90 bits per heavy atom. The van der Waals surface area contributed by atoms with Crippen molar-refractivity contribution < 1.29 is 4.84 Å². The number of likely N-dealkylation sites (N-methyl/N-ethyl adjacent to an activating group) is 1. The first kappa shape index (κ1) is 21.7. The molecule has 31 heavy (non-hydrogen) atoms. The first-order valence-electron chi connectivity index (χ1n) is 11.2. The first-order valence-corrected chi connectivity index (χ1v) is 11.2. The number of fused-ring (bicyclic) bond motifs is 5. The molecule has 2 heterocycles. The Morgan fingerprint density at radius 2 is 2.10 bits per heavy atom. The van der Waals surface area contributed by atoms with Gasteiger partial charge in [0.15, 0.2) is 0 Å². The van der Waals surface area contributed by atoms with Crippen LogP contribution in [0.4, 0.5) is 0 Å². The Labute approximate surface area is 184 Å². The van der Waals surface area contributed by atoms with Crippen LogP contribution in [0.3, 0.4) is 0 Å². The van der Waals surface area contributed by atoms with E-state index in [1.165, 1.54) is 34.7 Å². The van der Waals surface area contributed by atoms with E-state index in [1.54, 1.807) is 0 Å². The quantitative estimate of drug-likeness (QED) is 0.292. The van der Waals surface area contributed by atoms with Crippen LogP contribution in [0.2, 0.25) is 0 Å². The third-order valence-corrected chi connectivity index (χ3v) is 6.06. The zero-order chi connectivity index (χ0) is 21.6. The summed E-state index contributed by atoms with van der Waals surface area (Å²) in [5.41, 5.74) is 9.19. The van der Waals surface area contributed by atoms with Crippen LogP contribution in [0.25, 0.3) is 27.9 Å². The number of aromatic nitrogens is 3. The fourth-order valence-corrected chi connectivity index (χ4v) is 4.30. The van der Waals surface area contributed by atoms with Crippen molar-refractivity contribution in [2.75, 3.05) is 33.8 Å². The summed E-state index contributed by atoms with van der Waals surface area (Å²) >= 11 is 0. The number of benzene rings is 1. The molecule has 0 bridgehead atoms. The number of allylic oxidation sites excluding steroid dienone is 1. The molecule has 1 aliphatic carbocycles. The summed E-state index contributed by atoms with van der Waals surface area (Å²) in [5.74, 6) is 0.317. The molecule has 1 unspecified atom stereocenters. The number of hydroxylamine groups is 1. The minimum absolute atomic E-state index is 0.317. The molecule has 1 aromatic carbocycles. The molecular weight excluding hydrogens is 386 g/mol. The van der Waals surface area contributed by atoms with E-state index < -0.39 is 0 Å². The van der Waals surface area contributed by atoms with Crippen molar-refractivity contribution in [1.82, 2.24) is 25.6 Å². The molecule has 6 nitrogen and oxygen atoms in total. The highest BCUT2D eigenvalue weighted by atomic mass is 16.6. The summed E-state index contributed by atoms with van der Waals surface area (Å²) in [6.45, 7) is 6.31. The SMILES string of the molecule is C=CC(C/C=C/c1nc2ccc3[nH]ncc3c2c2c1CCCC2)CNOCCN(C)C. The average Bonchev–Trinajstić information content (AvgIpc) is 3.26. The Morgan fingerprint density at radius 1 is 1.26 bits per heavy atom. The van der Waals surface area contributed by atoms with Gasteiger partial charge in [-0.2, -0.15) is 5.10 Å². The normalized spacial score (nSPS) is 15.2. The van der Waals surface area contributed by atoms with Crippen molar-refractivity contribution in [2.24, 2.45) is 5.92 Å². The molecule has 6 heteroatoms. The topological polar surface area (TPSA) is 66.1 Å². The molecule has 0 saturated carbocycles. The van der Waals surface area contributed by atoms with Crippen molar-refractivity contribution in [3.63, 3.8) is 0 Å². The number of aromatic amines is 1. The van der Waals surface area contributed by atoms with E-state index in [4.69, 9.17) is 9.82 Å². The number of pyridine rings is 1. The summed E-state index contributed by atoms with van der Waals surface area (Å²) < 4.78 is 0. The molecule has 2 aromatic heterocycles. The van der Waals surface area contributed by atoms with Crippen LogP contribution in [0.15, 0.2) is 37.1 Å². The molecule has 2 N–H and O–H groups in total. The molecule has 4 rings (SSSR count). The highest BCUT2D eigenvalue weighted by Gasteiger charge is 2.19. The lowest BCUT2D eigenvalue weighted by atomic mass is 9.87. The van der Waals surface area contributed by atoms with Gasteiger partial charge in [0.2, 0.25) is 0 Å². The van der Waals surface area contributed by atoms with E-state index in [1.807, 2.05) is 26.4 Å². The zero-order valence-electron chi connectivity index (χ0n) is 18.7. The highest BCUT2D eigenvalue weighted by molar-refractivity contribution is 6.07. The van der Waals surface area contributed by atoms with Gasteiger partial charge >= 0.3 is 0 Å². The van der Waals surface area contributed by atoms with Crippen LogP contribution in [0, 0.1) is 5.92 Å². The number of hydrogen-bond acceptors (Lipinski definition) is 5. The number of hydrogen-bond donors (Lipinski definition) is 2. The molecule has 1 aliphatic rings. The number of rotatable bonds is 10. The molecule has 0 aliphatic heterocycles. The van der Waals surface area contributed by atoms with Crippen molar-refractivity contribution in [3.8, 4) is 0 Å². The Balaban J connectivity index is 1.49. The third-order valence-electron chi connectivity index (χ3n) is 6.06. The minimum Gasteiger partial charge on any atom is -0.307 e. The van der Waals surface area contributed by atoms with Gasteiger partial charge in [-0.15, -0.1) is 6.58 Å². The molecule has 0 spiro atoms. The summed E-state index contributed by atoms with van der Waals surface area (Å²) in [6, 6.07) is 4.19. The summed E-state index contributed by atoms with van der Waals surface area (Å²) in [7, 11) is 4.08. The number of nitrogens with one attached hydrogen (secondary N) is 2. The van der Waals surface area contributed by atoms with Crippen LogP contribution in [0.5, 0.6) is 0 Å². The van der Waals surface area contributed by atoms with E-state index >= 15 is 0 Å². The second kappa shape index (κ2) is 10.2. The fraction of sp³-hybridized carbons (Fsp3) is 0.440. The third kappa shape index (κ3) is 5.03. The Hall–Kier alpha value is -2.54. The molecule has 0 fully saturated rings. The van der Waals surface area contributed by atoms with E-state index in [0.29, 0.717) is 12.5 Å². The van der Waals surface area contributed by atoms with Gasteiger partial charge < -0.3 is 9.74 Å². The van der Waals surface area contributed by atoms with Crippen molar-refractivity contribution in [1.29, 1.82) is 0 Å². The Kier molecular flexibility index (Phi) is 7.12. The predicted molar refractivity (Wildman–Crippen MR) is 128 cm³/mol. The fourth-order valence-electron chi connectivity index (χ4n) is 4.30. The molecular formula is C25H33N5O. The molecule has 1 atom stereocenters. The standard InChI is InChI=1S/C25H33N5O/c1-4-18(16-27-31-15-14-30(2)3)8-7-11-22-19-9-5-6-10-20(19)25-21-17-26-29-23(21)12-13-24(25)28-22/h4,7,11-13,17-18,27H,1,5-6,8-10,14-16H2,2-3H3,(H,26,29)/b11-7+. The van der Waals surface area contributed by atoms with Crippen LogP contribution in [-0.4, -0.2) is 53.9 Å². The largest absolute Gasteiger partial charge is 0.307 e. The van der Waals surface area contributed by atoms with Crippen molar-refractivity contribution >= 4 is 27.9 Å². The monoisotopic (exact) mass is 419 g/mol. The molecule has 164 valence electrons. The van der Waals surface area contributed by atoms with Gasteiger partial charge in [0.25, 0.3) is 0 Å². The van der Waals surface area contributed by atoms with E-state index in [2.05, 4.69) is 51.4 Å². The van der Waals surface area contributed by atoms with Gasteiger partial charge in [-0.05, 0) is 81.5 Å². The maximum absolute atomic E-state index is 5.51. The second-order valence-corrected chi connectivity index (χ2v) is 8.59. The van der Waals surface area contributed by atoms with Crippen molar-refractivity contribution in [2.45, 2.75) is 32.1 Å². The molecule has 0 saturated heterocycles. The maximum Gasteiger partial charge on any atom is 0.0809 e. The smallest absolute Gasteiger partial charge is 0.0809 e. The van der Waals surface area contributed by atoms with Crippen LogP contribution in [0.1, 0.15) is 36.1 Å². The molecule has 0 radical (unpaired) electrons. The highest BCUT2D eigenvalue weighted by Crippen LogP contribution is 2.34. The lowest BCUT2D eigenvalue weighted by molar-refractivity contribution is 0.0276. The van der Waals surface area contributed by atoms with Gasteiger partial charge in [0, 0.05) is 23.9 Å². The van der Waals surface area contributed by atoms with E-state index in [-0.39, 0.29) is 0 Å². The van der Waals surface area contributed by atoms with E-state index in [0.717, 1.165) is 49.1 Å². The van der Waals surface area contributed by atoms with E-state index in [9.17, 15) is 0 Å². The summed E-state index contributed by atoms with van der Waals surface area (Å²) in [4.78, 5) is 12.7. The van der Waals surface area contributed by atoms with Gasteiger partial charge in [0.1, 0.15) is 0 Å². The average molecular weight is 420 g/mol. The van der Waals surface area contributed by atoms with Gasteiger partial charge in [-0.25, -0.2) is 10.5 Å². The molecule has 0 amide bonds. The van der Waals surface area contributed by atoms with Crippen molar-refractivity contribution in [3.05, 3.63) is 53.9 Å². The maximum atomic E-state index is 5.51. The number of nitrogens with zero attached hydrogens (tertiary/aromatic N) is 3. The molecule has 3 aromatic rings. The summed E-state index contributed by atoms with van der Waals surface area (Å²) in [5, 5.41) is 9.81. The second-order valence-electron chi connectivity index (χ2n) is 8.59. The van der Waals surface area contributed by atoms with Gasteiger partial charge in [-0.3, -0.25) is 5.10 Å². The van der Waals surface area contributed by atoms with Gasteiger partial charge in [-0.1, -0.05) is 12.2 Å². The lowest BCUT2D eigenvalue weighted by Crippen LogP contribution is -2.26. The Bertz CT molecular complexity index is 1070. The van der Waals surface area contributed by atoms with Crippen LogP contribution in [-0.2, 0) is 17.7 Å². The van der Waals surface area contributed by atoms with Crippen LogP contribution >= 0.6 is 0 Å². The first-order chi connectivity index (χ1) is 15.2. The number of H-pyrrole nitrogens is 1. The minimum atomic E-state index is 0.317. The zero-order valence-corrected chi connectivity index (χ0v) is 18.7. The lowest BCUT2D eigenvalue weighted by Gasteiger charge is -2.20.